The van der Waals surface area contributed by atoms with Crippen molar-refractivity contribution in [2.45, 2.75) is 11.3 Å². The predicted molar refractivity (Wildman–Crippen MR) is 108 cm³/mol. The van der Waals surface area contributed by atoms with Crippen LogP contribution in [0.2, 0.25) is 0 Å². The number of hydrogen-bond donors (Lipinski definition) is 0. The maximum Gasteiger partial charge on any atom is 0.223 e. The first-order valence-corrected chi connectivity index (χ1v) is 10.2. The van der Waals surface area contributed by atoms with E-state index < -0.39 is 0 Å². The van der Waals surface area contributed by atoms with Gasteiger partial charge in [-0.25, -0.2) is 19.6 Å². The van der Waals surface area contributed by atoms with Crippen LogP contribution in [0, 0.1) is 0 Å². The van der Waals surface area contributed by atoms with Crippen molar-refractivity contribution in [2.24, 2.45) is 0 Å². The highest BCUT2D eigenvalue weighted by atomic mass is 32.2. The van der Waals surface area contributed by atoms with Crippen LogP contribution in [0.25, 0.3) is 5.82 Å². The van der Waals surface area contributed by atoms with Gasteiger partial charge >= 0.3 is 0 Å². The van der Waals surface area contributed by atoms with Crippen LogP contribution >= 0.6 is 11.8 Å². The van der Waals surface area contributed by atoms with E-state index in [1.54, 1.807) is 22.8 Å². The molecule has 0 saturated carbocycles. The van der Waals surface area contributed by atoms with Gasteiger partial charge in [0.15, 0.2) is 5.82 Å². The number of anilines is 1. The molecule has 0 radical (unpaired) electrons. The fourth-order valence-electron chi connectivity index (χ4n) is 3.08. The van der Waals surface area contributed by atoms with E-state index in [0.29, 0.717) is 25.3 Å². The summed E-state index contributed by atoms with van der Waals surface area (Å²) in [4.78, 5) is 30.4. The highest BCUT2D eigenvalue weighted by molar-refractivity contribution is 7.99. The number of amides is 1. The van der Waals surface area contributed by atoms with E-state index >= 15 is 0 Å². The van der Waals surface area contributed by atoms with Crippen LogP contribution in [0.3, 0.4) is 0 Å². The Morgan fingerprint density at radius 2 is 1.79 bits per heavy atom. The minimum Gasteiger partial charge on any atom is -0.353 e. The second-order valence-corrected chi connectivity index (χ2v) is 7.52. The maximum atomic E-state index is 12.5. The first-order chi connectivity index (χ1) is 13.8. The summed E-state index contributed by atoms with van der Waals surface area (Å²) in [6.07, 6.45) is 5.17. The summed E-state index contributed by atoms with van der Waals surface area (Å²) in [7, 11) is 0. The van der Waals surface area contributed by atoms with Crippen LogP contribution in [0.1, 0.15) is 6.42 Å². The zero-order chi connectivity index (χ0) is 19.2. The van der Waals surface area contributed by atoms with Gasteiger partial charge in [0.05, 0.1) is 0 Å². The van der Waals surface area contributed by atoms with Crippen molar-refractivity contribution in [3.63, 3.8) is 0 Å². The first kappa shape index (κ1) is 18.4. The molecule has 9 heteroatoms. The molecule has 0 aliphatic carbocycles. The Morgan fingerprint density at radius 3 is 2.54 bits per heavy atom. The van der Waals surface area contributed by atoms with Crippen LogP contribution in [0.15, 0.2) is 60.3 Å². The van der Waals surface area contributed by atoms with Gasteiger partial charge in [-0.05, 0) is 12.1 Å². The number of thioether (sulfide) groups is 1. The number of benzene rings is 1. The predicted octanol–water partition coefficient (Wildman–Crippen LogP) is 1.89. The van der Waals surface area contributed by atoms with E-state index in [2.05, 4.69) is 37.1 Å². The fourth-order valence-corrected chi connectivity index (χ4v) is 3.94. The van der Waals surface area contributed by atoms with E-state index in [-0.39, 0.29) is 5.91 Å². The summed E-state index contributed by atoms with van der Waals surface area (Å²) >= 11 is 1.72. The summed E-state index contributed by atoms with van der Waals surface area (Å²) < 4.78 is 1.61. The molecule has 1 saturated heterocycles. The summed E-state index contributed by atoms with van der Waals surface area (Å²) in [5, 5.41) is 4.10. The minimum absolute atomic E-state index is 0.217. The molecule has 4 rings (SSSR count). The van der Waals surface area contributed by atoms with Gasteiger partial charge in [-0.1, -0.05) is 18.2 Å². The van der Waals surface area contributed by atoms with E-state index in [1.807, 2.05) is 29.2 Å². The number of nitrogens with zero attached hydrogens (tertiary/aromatic N) is 7. The van der Waals surface area contributed by atoms with E-state index in [0.717, 1.165) is 24.7 Å². The van der Waals surface area contributed by atoms with Crippen molar-refractivity contribution in [3.05, 3.63) is 55.4 Å². The summed E-state index contributed by atoms with van der Waals surface area (Å²) in [5.74, 6) is 2.54. The molecule has 1 aliphatic rings. The molecule has 144 valence electrons. The second-order valence-electron chi connectivity index (χ2n) is 6.35. The molecule has 0 N–H and O–H groups in total. The molecule has 8 nitrogen and oxygen atoms in total. The van der Waals surface area contributed by atoms with Crippen molar-refractivity contribution >= 4 is 23.5 Å². The summed E-state index contributed by atoms with van der Waals surface area (Å²) in [6.45, 7) is 2.92. The molecule has 1 amide bonds. The number of aromatic nitrogens is 5. The number of carbonyl (C=O) groups is 1. The maximum absolute atomic E-state index is 12.5. The standard InChI is InChI=1S/C19H21N7OS/c27-19(6-11-28-16-4-2-1-3-5-16)25-9-7-24(8-10-25)17-12-18(22-14-21-17)26-15-20-13-23-26/h1-5,12-15H,6-11H2. The quantitative estimate of drug-likeness (QED) is 0.590. The lowest BCUT2D eigenvalue weighted by atomic mass is 10.3. The average Bonchev–Trinajstić information content (AvgIpc) is 3.30. The molecule has 0 spiro atoms. The van der Waals surface area contributed by atoms with Crippen molar-refractivity contribution in [2.75, 3.05) is 36.8 Å². The van der Waals surface area contributed by atoms with Crippen LogP contribution in [0.5, 0.6) is 0 Å². The lowest BCUT2D eigenvalue weighted by Gasteiger charge is -2.35. The van der Waals surface area contributed by atoms with Crippen molar-refractivity contribution in [3.8, 4) is 5.82 Å². The van der Waals surface area contributed by atoms with Gasteiger partial charge in [0, 0.05) is 49.3 Å². The molecule has 3 heterocycles. The van der Waals surface area contributed by atoms with Gasteiger partial charge < -0.3 is 9.80 Å². The van der Waals surface area contributed by atoms with E-state index in [9.17, 15) is 4.79 Å². The molecule has 0 bridgehead atoms. The Hall–Kier alpha value is -2.94. The molecule has 0 unspecified atom stereocenters. The summed E-state index contributed by atoms with van der Waals surface area (Å²) in [5.41, 5.74) is 0. The molecule has 1 aromatic carbocycles. The van der Waals surface area contributed by atoms with Crippen LogP contribution in [0.4, 0.5) is 5.82 Å². The molecule has 28 heavy (non-hydrogen) atoms. The van der Waals surface area contributed by atoms with E-state index in [4.69, 9.17) is 0 Å². The Balaban J connectivity index is 1.27. The van der Waals surface area contributed by atoms with Gasteiger partial charge in [0.25, 0.3) is 0 Å². The molecule has 3 aromatic rings. The Labute approximate surface area is 167 Å². The normalized spacial score (nSPS) is 14.3. The van der Waals surface area contributed by atoms with Crippen molar-refractivity contribution in [1.82, 2.24) is 29.6 Å². The van der Waals surface area contributed by atoms with Crippen LogP contribution in [-0.4, -0.2) is 67.5 Å². The molecule has 1 fully saturated rings. The zero-order valence-electron chi connectivity index (χ0n) is 15.4. The Morgan fingerprint density at radius 1 is 1.00 bits per heavy atom. The van der Waals surface area contributed by atoms with Crippen LogP contribution in [-0.2, 0) is 4.79 Å². The first-order valence-electron chi connectivity index (χ1n) is 9.17. The Bertz CT molecular complexity index is 896. The second kappa shape index (κ2) is 8.83. The van der Waals surface area contributed by atoms with Gasteiger partial charge in [-0.2, -0.15) is 5.10 Å². The molecule has 0 atom stereocenters. The van der Waals surface area contributed by atoms with E-state index in [1.165, 1.54) is 17.6 Å². The smallest absolute Gasteiger partial charge is 0.223 e. The third kappa shape index (κ3) is 4.48. The van der Waals surface area contributed by atoms with Gasteiger partial charge in [-0.15, -0.1) is 11.8 Å². The van der Waals surface area contributed by atoms with Crippen LogP contribution < -0.4 is 4.90 Å². The number of rotatable bonds is 6. The molecular formula is C19H21N7OS. The fraction of sp³-hybridized carbons (Fsp3) is 0.316. The Kier molecular flexibility index (Phi) is 5.81. The summed E-state index contributed by atoms with van der Waals surface area (Å²) in [6, 6.07) is 12.1. The highest BCUT2D eigenvalue weighted by Crippen LogP contribution is 2.19. The van der Waals surface area contributed by atoms with Gasteiger partial charge in [0.1, 0.15) is 24.8 Å². The van der Waals surface area contributed by atoms with Crippen molar-refractivity contribution < 1.29 is 4.79 Å². The van der Waals surface area contributed by atoms with Crippen molar-refractivity contribution in [1.29, 1.82) is 0 Å². The zero-order valence-corrected chi connectivity index (χ0v) is 16.2. The third-order valence-electron chi connectivity index (χ3n) is 4.58. The lowest BCUT2D eigenvalue weighted by molar-refractivity contribution is -0.131. The monoisotopic (exact) mass is 395 g/mol. The molecule has 1 aliphatic heterocycles. The highest BCUT2D eigenvalue weighted by Gasteiger charge is 2.22. The largest absolute Gasteiger partial charge is 0.353 e. The minimum atomic E-state index is 0.217. The number of piperazine rings is 1. The third-order valence-corrected chi connectivity index (χ3v) is 5.59. The SMILES string of the molecule is O=C(CCSc1ccccc1)N1CCN(c2cc(-n3cncn3)ncn2)CC1. The van der Waals surface area contributed by atoms with Gasteiger partial charge in [-0.3, -0.25) is 4.79 Å². The topological polar surface area (TPSA) is 80.0 Å². The number of carbonyl (C=O) groups excluding carboxylic acids is 1. The lowest BCUT2D eigenvalue weighted by Crippen LogP contribution is -2.49. The average molecular weight is 395 g/mol. The van der Waals surface area contributed by atoms with Gasteiger partial charge in [0.2, 0.25) is 5.91 Å². The molecule has 2 aromatic heterocycles. The number of hydrogen-bond acceptors (Lipinski definition) is 7. The molecular weight excluding hydrogens is 374 g/mol.